The van der Waals surface area contributed by atoms with E-state index in [1.807, 2.05) is 38.1 Å². The van der Waals surface area contributed by atoms with Gasteiger partial charge in [0.15, 0.2) is 0 Å². The molecule has 2 unspecified atom stereocenters. The van der Waals surface area contributed by atoms with Crippen LogP contribution < -0.4 is 10.1 Å². The third-order valence-electron chi connectivity index (χ3n) is 2.66. The minimum absolute atomic E-state index is 0.0177. The molecule has 0 saturated carbocycles. The Kier molecular flexibility index (Phi) is 8.02. The first kappa shape index (κ1) is 16.8. The van der Waals surface area contributed by atoms with Crippen LogP contribution >= 0.6 is 0 Å². The molecule has 2 atom stereocenters. The van der Waals surface area contributed by atoms with Gasteiger partial charge in [0.05, 0.1) is 32.0 Å². The van der Waals surface area contributed by atoms with E-state index in [0.717, 1.165) is 11.4 Å². The number of aliphatic hydroxyl groups excluding tert-OH is 1. The van der Waals surface area contributed by atoms with Gasteiger partial charge in [-0.1, -0.05) is 6.07 Å². The SMILES string of the molecule is CCOc1cccc(NCC(O)COC(C)COC)c1. The lowest BCUT2D eigenvalue weighted by molar-refractivity contribution is -0.0282. The van der Waals surface area contributed by atoms with Crippen LogP contribution in [0.3, 0.4) is 0 Å². The molecule has 0 aliphatic heterocycles. The average Bonchev–Trinajstić information content (AvgIpc) is 2.44. The van der Waals surface area contributed by atoms with Crippen LogP contribution in [0.15, 0.2) is 24.3 Å². The van der Waals surface area contributed by atoms with E-state index in [4.69, 9.17) is 14.2 Å². The molecule has 114 valence electrons. The average molecular weight is 283 g/mol. The fourth-order valence-corrected chi connectivity index (χ4v) is 1.72. The molecule has 0 aliphatic carbocycles. The molecular weight excluding hydrogens is 258 g/mol. The van der Waals surface area contributed by atoms with Crippen molar-refractivity contribution in [2.75, 3.05) is 38.8 Å². The molecule has 1 rings (SSSR count). The number of nitrogens with one attached hydrogen (secondary N) is 1. The summed E-state index contributed by atoms with van der Waals surface area (Å²) in [6.45, 7) is 5.73. The van der Waals surface area contributed by atoms with Crippen LogP contribution in [-0.4, -0.2) is 50.8 Å². The number of aliphatic hydroxyl groups is 1. The molecule has 0 aliphatic rings. The molecule has 0 heterocycles. The highest BCUT2D eigenvalue weighted by Crippen LogP contribution is 2.17. The number of benzene rings is 1. The Hall–Kier alpha value is -1.30. The quantitative estimate of drug-likeness (QED) is 0.687. The van der Waals surface area contributed by atoms with Gasteiger partial charge in [-0.05, 0) is 26.0 Å². The first-order valence-corrected chi connectivity index (χ1v) is 6.91. The fraction of sp³-hybridized carbons (Fsp3) is 0.600. The summed E-state index contributed by atoms with van der Waals surface area (Å²) in [5, 5.41) is 13.0. The van der Waals surface area contributed by atoms with E-state index in [1.165, 1.54) is 0 Å². The monoisotopic (exact) mass is 283 g/mol. The van der Waals surface area contributed by atoms with Gasteiger partial charge in [0, 0.05) is 25.4 Å². The third kappa shape index (κ3) is 6.75. The maximum absolute atomic E-state index is 9.84. The van der Waals surface area contributed by atoms with E-state index in [0.29, 0.717) is 19.8 Å². The molecule has 0 spiro atoms. The van der Waals surface area contributed by atoms with Crippen LogP contribution in [0.5, 0.6) is 5.75 Å². The van der Waals surface area contributed by atoms with Crippen molar-refractivity contribution in [3.8, 4) is 5.75 Å². The van der Waals surface area contributed by atoms with Crippen molar-refractivity contribution >= 4 is 5.69 Å². The Morgan fingerprint density at radius 2 is 2.10 bits per heavy atom. The van der Waals surface area contributed by atoms with Crippen molar-refractivity contribution in [2.24, 2.45) is 0 Å². The summed E-state index contributed by atoms with van der Waals surface area (Å²) in [6.07, 6.45) is -0.582. The van der Waals surface area contributed by atoms with Crippen LogP contribution in [0.1, 0.15) is 13.8 Å². The van der Waals surface area contributed by atoms with Crippen molar-refractivity contribution in [1.82, 2.24) is 0 Å². The predicted molar refractivity (Wildman–Crippen MR) is 79.4 cm³/mol. The minimum Gasteiger partial charge on any atom is -0.494 e. The maximum atomic E-state index is 9.84. The lowest BCUT2D eigenvalue weighted by Crippen LogP contribution is -2.28. The fourth-order valence-electron chi connectivity index (χ4n) is 1.72. The number of hydrogen-bond donors (Lipinski definition) is 2. The molecule has 5 heteroatoms. The molecule has 1 aromatic carbocycles. The van der Waals surface area contributed by atoms with E-state index in [1.54, 1.807) is 7.11 Å². The van der Waals surface area contributed by atoms with Gasteiger partial charge in [-0.15, -0.1) is 0 Å². The molecule has 20 heavy (non-hydrogen) atoms. The van der Waals surface area contributed by atoms with Crippen molar-refractivity contribution in [3.05, 3.63) is 24.3 Å². The van der Waals surface area contributed by atoms with Gasteiger partial charge in [-0.3, -0.25) is 0 Å². The number of rotatable bonds is 10. The van der Waals surface area contributed by atoms with Gasteiger partial charge in [0.1, 0.15) is 5.75 Å². The van der Waals surface area contributed by atoms with Crippen molar-refractivity contribution < 1.29 is 19.3 Å². The highest BCUT2D eigenvalue weighted by molar-refractivity contribution is 5.48. The summed E-state index contributed by atoms with van der Waals surface area (Å²) in [4.78, 5) is 0. The molecule has 2 N–H and O–H groups in total. The standard InChI is InChI=1S/C15H25NO4/c1-4-19-15-7-5-6-13(8-15)16-9-14(17)11-20-12(2)10-18-3/h5-8,12,14,16-17H,4,9-11H2,1-3H3. The van der Waals surface area contributed by atoms with Gasteiger partial charge in [-0.2, -0.15) is 0 Å². The lowest BCUT2D eigenvalue weighted by Gasteiger charge is -2.17. The van der Waals surface area contributed by atoms with Crippen LogP contribution in [0.4, 0.5) is 5.69 Å². The number of methoxy groups -OCH3 is 1. The minimum atomic E-state index is -0.565. The summed E-state index contributed by atoms with van der Waals surface area (Å²) in [7, 11) is 1.63. The summed E-state index contributed by atoms with van der Waals surface area (Å²) < 4.78 is 15.8. The van der Waals surface area contributed by atoms with E-state index < -0.39 is 6.10 Å². The lowest BCUT2D eigenvalue weighted by atomic mass is 10.3. The molecule has 0 bridgehead atoms. The Balaban J connectivity index is 2.29. The van der Waals surface area contributed by atoms with Gasteiger partial charge in [0.25, 0.3) is 0 Å². The number of hydrogen-bond acceptors (Lipinski definition) is 5. The molecular formula is C15H25NO4. The summed E-state index contributed by atoms with van der Waals surface area (Å²) >= 11 is 0. The number of ether oxygens (including phenoxy) is 3. The van der Waals surface area contributed by atoms with Crippen LogP contribution in [-0.2, 0) is 9.47 Å². The Morgan fingerprint density at radius 3 is 2.80 bits per heavy atom. The van der Waals surface area contributed by atoms with Gasteiger partial charge >= 0.3 is 0 Å². The van der Waals surface area contributed by atoms with E-state index in [9.17, 15) is 5.11 Å². The van der Waals surface area contributed by atoms with Gasteiger partial charge < -0.3 is 24.6 Å². The zero-order valence-corrected chi connectivity index (χ0v) is 12.5. The highest BCUT2D eigenvalue weighted by Gasteiger charge is 2.08. The van der Waals surface area contributed by atoms with Gasteiger partial charge in [-0.25, -0.2) is 0 Å². The first-order valence-electron chi connectivity index (χ1n) is 6.91. The smallest absolute Gasteiger partial charge is 0.121 e. The summed E-state index contributed by atoms with van der Waals surface area (Å²) in [5.74, 6) is 0.817. The molecule has 0 aromatic heterocycles. The van der Waals surface area contributed by atoms with E-state index in [2.05, 4.69) is 5.32 Å². The zero-order valence-electron chi connectivity index (χ0n) is 12.5. The Labute approximate surface area is 120 Å². The highest BCUT2D eigenvalue weighted by atomic mass is 16.5. The molecule has 0 fully saturated rings. The Morgan fingerprint density at radius 1 is 1.30 bits per heavy atom. The molecule has 0 saturated heterocycles. The van der Waals surface area contributed by atoms with Crippen molar-refractivity contribution in [1.29, 1.82) is 0 Å². The van der Waals surface area contributed by atoms with Crippen LogP contribution in [0.2, 0.25) is 0 Å². The third-order valence-corrected chi connectivity index (χ3v) is 2.66. The first-order chi connectivity index (χ1) is 9.65. The second-order valence-electron chi connectivity index (χ2n) is 4.59. The maximum Gasteiger partial charge on any atom is 0.121 e. The molecule has 1 aromatic rings. The second kappa shape index (κ2) is 9.58. The molecule has 5 nitrogen and oxygen atoms in total. The van der Waals surface area contributed by atoms with Crippen LogP contribution in [0, 0.1) is 0 Å². The number of anilines is 1. The summed E-state index contributed by atoms with van der Waals surface area (Å²) in [5.41, 5.74) is 0.917. The predicted octanol–water partition coefficient (Wildman–Crippen LogP) is 1.91. The Bertz CT molecular complexity index is 373. The van der Waals surface area contributed by atoms with Crippen LogP contribution in [0.25, 0.3) is 0 Å². The second-order valence-corrected chi connectivity index (χ2v) is 4.59. The zero-order chi connectivity index (χ0) is 14.8. The van der Waals surface area contributed by atoms with E-state index >= 15 is 0 Å². The van der Waals surface area contributed by atoms with Crippen molar-refractivity contribution in [3.63, 3.8) is 0 Å². The van der Waals surface area contributed by atoms with Gasteiger partial charge in [0.2, 0.25) is 0 Å². The molecule has 0 radical (unpaired) electrons. The van der Waals surface area contributed by atoms with E-state index in [-0.39, 0.29) is 12.7 Å². The summed E-state index contributed by atoms with van der Waals surface area (Å²) in [6, 6.07) is 7.66. The normalized spacial score (nSPS) is 13.8. The topological polar surface area (TPSA) is 60.0 Å². The van der Waals surface area contributed by atoms with Crippen molar-refractivity contribution in [2.45, 2.75) is 26.1 Å². The largest absolute Gasteiger partial charge is 0.494 e. The molecule has 0 amide bonds.